The topological polar surface area (TPSA) is 87.5 Å². The lowest BCUT2D eigenvalue weighted by Gasteiger charge is -2.51. The van der Waals surface area contributed by atoms with Gasteiger partial charge < -0.3 is 24.4 Å². The maximum Gasteiger partial charge on any atom is 0.278 e. The Balaban J connectivity index is 1.56. The first-order valence-electron chi connectivity index (χ1n) is 13.7. The lowest BCUT2D eigenvalue weighted by atomic mass is 9.84. The van der Waals surface area contributed by atoms with E-state index in [2.05, 4.69) is 25.7 Å². The van der Waals surface area contributed by atoms with Crippen molar-refractivity contribution in [2.24, 2.45) is 5.41 Å². The number of hydrogen-bond acceptors (Lipinski definition) is 7. The van der Waals surface area contributed by atoms with Gasteiger partial charge in [-0.05, 0) is 23.1 Å². The number of morpholine rings is 1. The van der Waals surface area contributed by atoms with E-state index in [1.807, 2.05) is 23.2 Å². The van der Waals surface area contributed by atoms with Gasteiger partial charge in [0.15, 0.2) is 23.1 Å². The molecule has 0 saturated carbocycles. The highest BCUT2D eigenvalue weighted by Crippen LogP contribution is 2.50. The van der Waals surface area contributed by atoms with Gasteiger partial charge in [-0.25, -0.2) is 8.78 Å². The van der Waals surface area contributed by atoms with Crippen LogP contribution in [0, 0.1) is 17.0 Å². The summed E-state index contributed by atoms with van der Waals surface area (Å²) in [5.41, 5.74) is 1.07. The Bertz CT molecular complexity index is 1650. The van der Waals surface area contributed by atoms with Crippen LogP contribution in [0.25, 0.3) is 0 Å². The first-order valence-corrected chi connectivity index (χ1v) is 13.7. The third kappa shape index (κ3) is 3.67. The Hall–Kier alpha value is -4.12. The van der Waals surface area contributed by atoms with E-state index in [0.29, 0.717) is 17.9 Å². The van der Waals surface area contributed by atoms with Crippen LogP contribution >= 0.6 is 0 Å². The SMILES string of the molecule is CC(C)(C)[C@H]1COc2cccc3c2N1Cc1c(ccc(F)c1F)[C@@H]3N1[C@@H]2COCCN2C(=O)c2c(O)c(=O)ccn21. The van der Waals surface area contributed by atoms with E-state index in [1.165, 1.54) is 16.9 Å². The number of aromatic nitrogens is 1. The number of ether oxygens (including phenoxy) is 2. The Kier molecular flexibility index (Phi) is 5.63. The van der Waals surface area contributed by atoms with Crippen molar-refractivity contribution >= 4 is 11.6 Å². The van der Waals surface area contributed by atoms with Crippen LogP contribution in [0.4, 0.5) is 14.5 Å². The Morgan fingerprint density at radius 1 is 1.00 bits per heavy atom. The van der Waals surface area contributed by atoms with Crippen LogP contribution in [-0.4, -0.2) is 59.2 Å². The molecule has 3 aromatic rings. The van der Waals surface area contributed by atoms with E-state index >= 15 is 4.39 Å². The number of rotatable bonds is 1. The molecule has 1 N–H and O–H groups in total. The quantitative estimate of drug-likeness (QED) is 0.484. The summed E-state index contributed by atoms with van der Waals surface area (Å²) >= 11 is 0. The number of benzene rings is 2. The summed E-state index contributed by atoms with van der Waals surface area (Å²) in [6, 6.07) is 8.60. The number of aromatic hydroxyl groups is 1. The number of carbonyl (C=O) groups excluding carboxylic acids is 1. The van der Waals surface area contributed by atoms with Crippen LogP contribution in [0.5, 0.6) is 11.5 Å². The van der Waals surface area contributed by atoms with Crippen molar-refractivity contribution in [3.8, 4) is 11.5 Å². The van der Waals surface area contributed by atoms with Crippen molar-refractivity contribution in [2.75, 3.05) is 36.3 Å². The number of nitrogens with zero attached hydrogens (tertiary/aromatic N) is 4. The highest BCUT2D eigenvalue weighted by atomic mass is 19.2. The fraction of sp³-hybridized carbons (Fsp3) is 0.400. The minimum atomic E-state index is -0.951. The molecule has 1 fully saturated rings. The normalized spacial score (nSPS) is 23.2. The molecule has 0 unspecified atom stereocenters. The van der Waals surface area contributed by atoms with Crippen molar-refractivity contribution in [2.45, 2.75) is 45.6 Å². The minimum Gasteiger partial charge on any atom is -0.502 e. The number of carbonyl (C=O) groups is 1. The summed E-state index contributed by atoms with van der Waals surface area (Å²) in [5.74, 6) is -2.44. The molecule has 41 heavy (non-hydrogen) atoms. The molecule has 0 aliphatic carbocycles. The average Bonchev–Trinajstić information content (AvgIpc) is 3.09. The van der Waals surface area contributed by atoms with Gasteiger partial charge >= 0.3 is 0 Å². The fourth-order valence-electron chi connectivity index (χ4n) is 6.68. The second kappa shape index (κ2) is 8.94. The third-order valence-electron chi connectivity index (χ3n) is 8.68. The van der Waals surface area contributed by atoms with E-state index in [1.54, 1.807) is 11.0 Å². The van der Waals surface area contributed by atoms with Crippen LogP contribution in [-0.2, 0) is 11.3 Å². The molecular weight excluding hydrogens is 534 g/mol. The van der Waals surface area contributed by atoms with E-state index < -0.39 is 40.9 Å². The Morgan fingerprint density at radius 2 is 1.80 bits per heavy atom. The zero-order valence-corrected chi connectivity index (χ0v) is 22.9. The highest BCUT2D eigenvalue weighted by molar-refractivity contribution is 5.96. The highest BCUT2D eigenvalue weighted by Gasteiger charge is 2.48. The van der Waals surface area contributed by atoms with Gasteiger partial charge in [-0.2, -0.15) is 0 Å². The van der Waals surface area contributed by atoms with Gasteiger partial charge in [0.25, 0.3) is 5.91 Å². The first-order chi connectivity index (χ1) is 19.6. The third-order valence-corrected chi connectivity index (χ3v) is 8.68. The van der Waals surface area contributed by atoms with Crippen LogP contribution in [0.15, 0.2) is 47.4 Å². The molecule has 1 saturated heterocycles. The molecule has 2 aromatic carbocycles. The molecule has 11 heteroatoms. The summed E-state index contributed by atoms with van der Waals surface area (Å²) in [6.07, 6.45) is 0.773. The molecule has 0 bridgehead atoms. The summed E-state index contributed by atoms with van der Waals surface area (Å²) in [7, 11) is 0. The predicted molar refractivity (Wildman–Crippen MR) is 146 cm³/mol. The number of pyridine rings is 1. The molecule has 9 nitrogen and oxygen atoms in total. The van der Waals surface area contributed by atoms with Crippen molar-refractivity contribution < 1.29 is 28.2 Å². The summed E-state index contributed by atoms with van der Waals surface area (Å²) < 4.78 is 44.3. The molecule has 0 spiro atoms. The molecule has 1 aromatic heterocycles. The maximum atomic E-state index is 15.9. The van der Waals surface area contributed by atoms with Crippen molar-refractivity contribution in [3.05, 3.63) is 86.8 Å². The van der Waals surface area contributed by atoms with Crippen molar-refractivity contribution in [1.29, 1.82) is 0 Å². The van der Waals surface area contributed by atoms with Crippen molar-refractivity contribution in [1.82, 2.24) is 9.58 Å². The summed E-state index contributed by atoms with van der Waals surface area (Å²) in [5, 5.41) is 12.7. The molecule has 214 valence electrons. The monoisotopic (exact) mass is 564 g/mol. The zero-order chi connectivity index (χ0) is 28.8. The first kappa shape index (κ1) is 25.8. The largest absolute Gasteiger partial charge is 0.502 e. The standard InChI is InChI=1S/C30H30F2N4O5/c1-30(2,3)22-14-41-21-6-4-5-17-25(16-7-8-19(31)24(32)18(16)13-34(22)26(17)21)36-23-15-40-12-11-33(23)29(39)27-28(38)20(37)9-10-35(27)36/h4-10,22-23,25,38H,11-15H2,1-3H3/t22-,23-,25+/m1/s1. The van der Waals surface area contributed by atoms with E-state index in [-0.39, 0.29) is 49.0 Å². The van der Waals surface area contributed by atoms with Crippen LogP contribution in [0.3, 0.4) is 0 Å². The average molecular weight is 565 g/mol. The Morgan fingerprint density at radius 3 is 2.59 bits per heavy atom. The molecule has 4 aliphatic heterocycles. The fourth-order valence-corrected chi connectivity index (χ4v) is 6.68. The number of para-hydroxylation sites is 1. The lowest BCUT2D eigenvalue weighted by molar-refractivity contribution is -0.0197. The number of amides is 1. The number of anilines is 1. The predicted octanol–water partition coefficient (Wildman–Crippen LogP) is 3.50. The van der Waals surface area contributed by atoms with Crippen LogP contribution in [0.1, 0.15) is 54.0 Å². The van der Waals surface area contributed by atoms with Gasteiger partial charge in [-0.1, -0.05) is 39.0 Å². The molecule has 0 radical (unpaired) electrons. The van der Waals surface area contributed by atoms with Gasteiger partial charge in [-0.15, -0.1) is 0 Å². The van der Waals surface area contributed by atoms with Crippen LogP contribution < -0.4 is 20.1 Å². The number of halogens is 2. The zero-order valence-electron chi connectivity index (χ0n) is 22.9. The number of fused-ring (bicyclic) bond motifs is 3. The molecule has 3 atom stereocenters. The van der Waals surface area contributed by atoms with Gasteiger partial charge in [0.1, 0.15) is 24.6 Å². The summed E-state index contributed by atoms with van der Waals surface area (Å²) in [4.78, 5) is 29.8. The molecule has 4 aliphatic rings. The second-order valence-corrected chi connectivity index (χ2v) is 12.0. The van der Waals surface area contributed by atoms with Crippen LogP contribution in [0.2, 0.25) is 0 Å². The lowest BCUT2D eigenvalue weighted by Crippen LogP contribution is -2.66. The van der Waals surface area contributed by atoms with E-state index in [0.717, 1.165) is 17.3 Å². The Labute approximate surface area is 235 Å². The molecule has 5 heterocycles. The maximum absolute atomic E-state index is 15.9. The molecular formula is C30H30F2N4O5. The minimum absolute atomic E-state index is 0.102. The van der Waals surface area contributed by atoms with Gasteiger partial charge in [0.2, 0.25) is 5.43 Å². The van der Waals surface area contributed by atoms with E-state index in [9.17, 15) is 19.1 Å². The number of hydrogen-bond donors (Lipinski definition) is 1. The van der Waals surface area contributed by atoms with Gasteiger partial charge in [-0.3, -0.25) is 19.3 Å². The summed E-state index contributed by atoms with van der Waals surface area (Å²) in [6.45, 7) is 7.38. The smallest absolute Gasteiger partial charge is 0.278 e. The molecule has 1 amide bonds. The van der Waals surface area contributed by atoms with E-state index in [4.69, 9.17) is 9.47 Å². The van der Waals surface area contributed by atoms with Gasteiger partial charge in [0, 0.05) is 36.5 Å². The van der Waals surface area contributed by atoms with Gasteiger partial charge in [0.05, 0.1) is 24.9 Å². The molecule has 7 rings (SSSR count). The second-order valence-electron chi connectivity index (χ2n) is 12.0. The van der Waals surface area contributed by atoms with Crippen molar-refractivity contribution in [3.63, 3.8) is 0 Å².